The van der Waals surface area contributed by atoms with Gasteiger partial charge in [0.15, 0.2) is 0 Å². The summed E-state index contributed by atoms with van der Waals surface area (Å²) in [6.07, 6.45) is 0.890. The fraction of sp³-hybridized carbons (Fsp3) is 0.391. The Labute approximate surface area is 204 Å². The highest BCUT2D eigenvalue weighted by Crippen LogP contribution is 2.26. The van der Waals surface area contributed by atoms with Crippen LogP contribution in [0.25, 0.3) is 0 Å². The van der Waals surface area contributed by atoms with Crippen LogP contribution in [0.5, 0.6) is 0 Å². The number of rotatable bonds is 9. The lowest BCUT2D eigenvalue weighted by molar-refractivity contribution is -0.144. The molecule has 1 aliphatic heterocycles. The van der Waals surface area contributed by atoms with Gasteiger partial charge in [0.25, 0.3) is 0 Å². The molecular weight excluding hydrogens is 475 g/mol. The Kier molecular flexibility index (Phi) is 10.3. The number of hydrogen-bond donors (Lipinski definition) is 1. The molecule has 2 atom stereocenters. The van der Waals surface area contributed by atoms with Gasteiger partial charge in [0.2, 0.25) is 5.91 Å². The summed E-state index contributed by atoms with van der Waals surface area (Å²) in [5, 5.41) is 9.71. The van der Waals surface area contributed by atoms with Gasteiger partial charge in [-0.3, -0.25) is 9.69 Å². The first-order valence-electron chi connectivity index (χ1n) is 10.1. The Balaban J connectivity index is 0.00000363. The Morgan fingerprint density at radius 2 is 1.91 bits per heavy atom. The van der Waals surface area contributed by atoms with E-state index >= 15 is 0 Å². The van der Waals surface area contributed by atoms with Crippen molar-refractivity contribution >= 4 is 47.5 Å². The lowest BCUT2D eigenvalue weighted by Gasteiger charge is -2.32. The molecule has 0 unspecified atom stereocenters. The molecule has 6 nitrogen and oxygen atoms in total. The first-order valence-corrected chi connectivity index (χ1v) is 10.9. The van der Waals surface area contributed by atoms with E-state index in [-0.39, 0.29) is 43.5 Å². The van der Waals surface area contributed by atoms with Gasteiger partial charge >= 0.3 is 5.97 Å². The molecule has 0 spiro atoms. The highest BCUT2D eigenvalue weighted by Gasteiger charge is 2.29. The topological polar surface area (TPSA) is 70.1 Å². The lowest BCUT2D eigenvalue weighted by Crippen LogP contribution is -2.39. The maximum atomic E-state index is 13.1. The minimum atomic E-state index is -0.965. The Bertz CT molecular complexity index is 913. The molecule has 1 heterocycles. The standard InChI is InChI=1S/C23H26Cl2N2O4.ClH/c1-26(22(28)12-16-7-8-19(24)20(25)11-16)21(17-5-3-2-4-6-17)14-27-10-9-18(13-27)31-15-23(29)30;/h2-8,11,18,21H,9-10,12-15H2,1H3,(H,29,30);1H/t18-,21+;/m0./s1. The minimum Gasteiger partial charge on any atom is -0.480 e. The number of nitrogens with zero attached hydrogens (tertiary/aromatic N) is 2. The third kappa shape index (κ3) is 7.36. The average molecular weight is 502 g/mol. The summed E-state index contributed by atoms with van der Waals surface area (Å²) in [6.45, 7) is 1.79. The molecule has 32 heavy (non-hydrogen) atoms. The van der Waals surface area contributed by atoms with Crippen LogP contribution in [0.3, 0.4) is 0 Å². The van der Waals surface area contributed by atoms with Gasteiger partial charge in [-0.05, 0) is 29.7 Å². The second kappa shape index (κ2) is 12.4. The van der Waals surface area contributed by atoms with Gasteiger partial charge in [-0.2, -0.15) is 0 Å². The van der Waals surface area contributed by atoms with Crippen LogP contribution < -0.4 is 0 Å². The Morgan fingerprint density at radius 3 is 2.56 bits per heavy atom. The van der Waals surface area contributed by atoms with Gasteiger partial charge in [-0.25, -0.2) is 4.79 Å². The van der Waals surface area contributed by atoms with Gasteiger partial charge in [-0.15, -0.1) is 12.4 Å². The molecule has 1 aliphatic rings. The first kappa shape index (κ1) is 26.4. The summed E-state index contributed by atoms with van der Waals surface area (Å²) in [7, 11) is 1.81. The molecule has 1 N–H and O–H groups in total. The van der Waals surface area contributed by atoms with Crippen molar-refractivity contribution in [2.24, 2.45) is 0 Å². The quantitative estimate of drug-likeness (QED) is 0.554. The van der Waals surface area contributed by atoms with Crippen molar-refractivity contribution in [1.29, 1.82) is 0 Å². The van der Waals surface area contributed by atoms with Crippen molar-refractivity contribution in [1.82, 2.24) is 9.80 Å². The van der Waals surface area contributed by atoms with Crippen LogP contribution in [-0.2, 0) is 20.7 Å². The Hall–Kier alpha value is -1.83. The summed E-state index contributed by atoms with van der Waals surface area (Å²) >= 11 is 12.1. The molecule has 3 rings (SSSR count). The van der Waals surface area contributed by atoms with E-state index in [1.54, 1.807) is 17.0 Å². The zero-order valence-corrected chi connectivity index (χ0v) is 20.1. The zero-order chi connectivity index (χ0) is 22.4. The van der Waals surface area contributed by atoms with E-state index in [1.165, 1.54) is 0 Å². The monoisotopic (exact) mass is 500 g/mol. The summed E-state index contributed by atoms with van der Waals surface area (Å²) in [5.74, 6) is -0.988. The normalized spacial score (nSPS) is 16.9. The van der Waals surface area contributed by atoms with Gasteiger partial charge in [0.05, 0.1) is 28.6 Å². The molecule has 9 heteroatoms. The van der Waals surface area contributed by atoms with Crippen molar-refractivity contribution in [2.45, 2.75) is 25.0 Å². The fourth-order valence-corrected chi connectivity index (χ4v) is 4.10. The van der Waals surface area contributed by atoms with Crippen LogP contribution in [0.4, 0.5) is 0 Å². The minimum absolute atomic E-state index is 0. The third-order valence-electron chi connectivity index (χ3n) is 5.49. The number of carboxylic acid groups (broad SMARTS) is 1. The molecule has 174 valence electrons. The third-order valence-corrected chi connectivity index (χ3v) is 6.23. The number of likely N-dealkylation sites (N-methyl/N-ethyl adjacent to an activating group) is 1. The van der Waals surface area contributed by atoms with Gasteiger partial charge < -0.3 is 14.7 Å². The SMILES string of the molecule is CN(C(=O)Cc1ccc(Cl)c(Cl)c1)[C@H](CN1CC[C@H](OCC(=O)O)C1)c1ccccc1.Cl. The van der Waals surface area contributed by atoms with Gasteiger partial charge in [0, 0.05) is 26.7 Å². The molecule has 0 aliphatic carbocycles. The number of amides is 1. The van der Waals surface area contributed by atoms with E-state index in [1.807, 2.05) is 43.4 Å². The zero-order valence-electron chi connectivity index (χ0n) is 17.7. The second-order valence-corrected chi connectivity index (χ2v) is 8.55. The number of hydrogen-bond acceptors (Lipinski definition) is 4. The Morgan fingerprint density at radius 1 is 1.19 bits per heavy atom. The summed E-state index contributed by atoms with van der Waals surface area (Å²) in [5.41, 5.74) is 1.85. The molecule has 1 fully saturated rings. The van der Waals surface area contributed by atoms with Crippen molar-refractivity contribution < 1.29 is 19.4 Å². The van der Waals surface area contributed by atoms with Crippen LogP contribution in [-0.4, -0.2) is 66.2 Å². The first-order chi connectivity index (χ1) is 14.8. The molecule has 2 aromatic rings. The smallest absolute Gasteiger partial charge is 0.329 e. The maximum absolute atomic E-state index is 13.1. The number of ether oxygens (including phenoxy) is 1. The van der Waals surface area contributed by atoms with Crippen molar-refractivity contribution in [2.75, 3.05) is 33.3 Å². The maximum Gasteiger partial charge on any atom is 0.329 e. The summed E-state index contributed by atoms with van der Waals surface area (Å²) in [6, 6.07) is 15.0. The van der Waals surface area contributed by atoms with Crippen LogP contribution >= 0.6 is 35.6 Å². The number of carbonyl (C=O) groups excluding carboxylic acids is 1. The van der Waals surface area contributed by atoms with E-state index in [9.17, 15) is 9.59 Å². The molecule has 0 bridgehead atoms. The highest BCUT2D eigenvalue weighted by molar-refractivity contribution is 6.42. The van der Waals surface area contributed by atoms with Crippen LogP contribution in [0.2, 0.25) is 10.0 Å². The van der Waals surface area contributed by atoms with E-state index in [2.05, 4.69) is 4.90 Å². The highest BCUT2D eigenvalue weighted by atomic mass is 35.5. The van der Waals surface area contributed by atoms with Gasteiger partial charge in [0.1, 0.15) is 6.61 Å². The van der Waals surface area contributed by atoms with Crippen LogP contribution in [0.15, 0.2) is 48.5 Å². The summed E-state index contributed by atoms with van der Waals surface area (Å²) < 4.78 is 5.44. The molecule has 0 radical (unpaired) electrons. The molecular formula is C23H27Cl3N2O4. The van der Waals surface area contributed by atoms with E-state index in [4.69, 9.17) is 33.0 Å². The van der Waals surface area contributed by atoms with Crippen molar-refractivity contribution in [3.05, 3.63) is 69.7 Å². The molecule has 2 aromatic carbocycles. The van der Waals surface area contributed by atoms with Crippen LogP contribution in [0, 0.1) is 0 Å². The second-order valence-electron chi connectivity index (χ2n) is 7.73. The summed E-state index contributed by atoms with van der Waals surface area (Å²) in [4.78, 5) is 27.8. The number of aliphatic carboxylic acids is 1. The van der Waals surface area contributed by atoms with Crippen LogP contribution in [0.1, 0.15) is 23.6 Å². The predicted octanol–water partition coefficient (Wildman–Crippen LogP) is 4.33. The number of carbonyl (C=O) groups is 2. The number of carboxylic acids is 1. The molecule has 1 saturated heterocycles. The lowest BCUT2D eigenvalue weighted by atomic mass is 10.0. The predicted molar refractivity (Wildman–Crippen MR) is 128 cm³/mol. The van der Waals surface area contributed by atoms with E-state index in [0.717, 1.165) is 24.1 Å². The molecule has 0 saturated carbocycles. The number of halogens is 3. The molecule has 0 aromatic heterocycles. The van der Waals surface area contributed by atoms with Crippen molar-refractivity contribution in [3.8, 4) is 0 Å². The largest absolute Gasteiger partial charge is 0.480 e. The molecule has 1 amide bonds. The number of likely N-dealkylation sites (tertiary alicyclic amines) is 1. The van der Waals surface area contributed by atoms with E-state index < -0.39 is 5.97 Å². The fourth-order valence-electron chi connectivity index (χ4n) is 3.78. The van der Waals surface area contributed by atoms with E-state index in [0.29, 0.717) is 23.1 Å². The van der Waals surface area contributed by atoms with Crippen molar-refractivity contribution in [3.63, 3.8) is 0 Å². The average Bonchev–Trinajstić information content (AvgIpc) is 3.21. The van der Waals surface area contributed by atoms with Gasteiger partial charge in [-0.1, -0.05) is 59.6 Å². The number of benzene rings is 2.